The number of nitrogens with zero attached hydrogens (tertiary/aromatic N) is 2. The number of benzene rings is 1. The highest BCUT2D eigenvalue weighted by Gasteiger charge is 2.28. The predicted octanol–water partition coefficient (Wildman–Crippen LogP) is 1.41. The average Bonchev–Trinajstić information content (AvgIpc) is 2.86. The van der Waals surface area contributed by atoms with E-state index in [-0.39, 0.29) is 42.5 Å². The molecule has 0 saturated carbocycles. The van der Waals surface area contributed by atoms with Crippen molar-refractivity contribution in [1.82, 2.24) is 9.62 Å². The second kappa shape index (κ2) is 9.17. The minimum absolute atomic E-state index is 0.0167. The highest BCUT2D eigenvalue weighted by Crippen LogP contribution is 2.17. The van der Waals surface area contributed by atoms with Crippen LogP contribution in [0.3, 0.4) is 0 Å². The Morgan fingerprint density at radius 2 is 1.83 bits per heavy atom. The van der Waals surface area contributed by atoms with Gasteiger partial charge in [-0.05, 0) is 31.0 Å². The smallest absolute Gasteiger partial charge is 0.262 e. The zero-order valence-electron chi connectivity index (χ0n) is 16.0. The van der Waals surface area contributed by atoms with Crippen LogP contribution in [0.25, 0.3) is 0 Å². The number of likely N-dealkylation sites (tertiary alicyclic amines) is 1. The summed E-state index contributed by atoms with van der Waals surface area (Å²) >= 11 is 0. The number of carbonyl (C=O) groups excluding carboxylic acids is 3. The van der Waals surface area contributed by atoms with Crippen molar-refractivity contribution in [3.8, 4) is 0 Å². The van der Waals surface area contributed by atoms with Gasteiger partial charge in [-0.15, -0.1) is 0 Å². The molecule has 9 nitrogen and oxygen atoms in total. The van der Waals surface area contributed by atoms with Crippen LogP contribution in [0.1, 0.15) is 44.9 Å². The zero-order chi connectivity index (χ0) is 20.9. The monoisotopic (exact) mass is 420 g/mol. The summed E-state index contributed by atoms with van der Waals surface area (Å²) in [6, 6.07) is 5.92. The Kier molecular flexibility index (Phi) is 6.63. The number of amides is 3. The van der Waals surface area contributed by atoms with E-state index in [4.69, 9.17) is 0 Å². The van der Waals surface area contributed by atoms with Crippen LogP contribution in [0.15, 0.2) is 34.2 Å². The third kappa shape index (κ3) is 5.63. The van der Waals surface area contributed by atoms with Crippen molar-refractivity contribution in [1.29, 1.82) is 0 Å². The van der Waals surface area contributed by atoms with E-state index in [9.17, 15) is 22.8 Å². The molecule has 29 heavy (non-hydrogen) atoms. The van der Waals surface area contributed by atoms with Crippen molar-refractivity contribution in [2.75, 3.05) is 18.4 Å². The molecule has 0 atom stereocenters. The Balaban J connectivity index is 1.61. The average molecular weight is 420 g/mol. The number of hydrogen-bond acceptors (Lipinski definition) is 6. The summed E-state index contributed by atoms with van der Waals surface area (Å²) < 4.78 is 27.8. The van der Waals surface area contributed by atoms with Gasteiger partial charge in [0.1, 0.15) is 5.84 Å². The first-order chi connectivity index (χ1) is 13.8. The Bertz CT molecular complexity index is 926. The molecule has 2 aliphatic rings. The molecule has 0 radical (unpaired) electrons. The van der Waals surface area contributed by atoms with Gasteiger partial charge < -0.3 is 5.32 Å². The minimum Gasteiger partial charge on any atom is -0.326 e. The van der Waals surface area contributed by atoms with Gasteiger partial charge in [0, 0.05) is 44.5 Å². The lowest BCUT2D eigenvalue weighted by Gasteiger charge is -2.14. The first kappa shape index (κ1) is 21.0. The molecule has 3 amide bonds. The number of sulfonamides is 1. The fourth-order valence-electron chi connectivity index (χ4n) is 3.22. The van der Waals surface area contributed by atoms with Gasteiger partial charge in [0.15, 0.2) is 0 Å². The lowest BCUT2D eigenvalue weighted by atomic mass is 10.2. The molecule has 0 aliphatic carbocycles. The fraction of sp³-hybridized carbons (Fsp3) is 0.474. The molecule has 10 heteroatoms. The van der Waals surface area contributed by atoms with Crippen molar-refractivity contribution in [2.45, 2.75) is 49.8 Å². The lowest BCUT2D eigenvalue weighted by molar-refractivity contribution is -0.138. The van der Waals surface area contributed by atoms with Crippen LogP contribution in [0.2, 0.25) is 0 Å². The third-order valence-electron chi connectivity index (χ3n) is 4.77. The summed E-state index contributed by atoms with van der Waals surface area (Å²) in [5.74, 6) is -0.503. The van der Waals surface area contributed by atoms with Crippen LogP contribution in [0.4, 0.5) is 5.69 Å². The normalized spacial score (nSPS) is 17.7. The highest BCUT2D eigenvalue weighted by molar-refractivity contribution is 7.90. The van der Waals surface area contributed by atoms with E-state index in [0.29, 0.717) is 24.5 Å². The molecule has 1 saturated heterocycles. The molecule has 2 N–H and O–H groups in total. The number of nitrogens with one attached hydrogen (secondary N) is 2. The highest BCUT2D eigenvalue weighted by atomic mass is 32.2. The first-order valence-corrected chi connectivity index (χ1v) is 11.1. The second-order valence-corrected chi connectivity index (χ2v) is 8.69. The molecule has 1 aromatic carbocycles. The molecule has 156 valence electrons. The fourth-order valence-corrected chi connectivity index (χ4v) is 4.36. The third-order valence-corrected chi connectivity index (χ3v) is 6.15. The predicted molar refractivity (Wildman–Crippen MR) is 107 cm³/mol. The molecular formula is C19H24N4O5S. The zero-order valence-corrected chi connectivity index (χ0v) is 16.8. The number of imide groups is 1. The summed E-state index contributed by atoms with van der Waals surface area (Å²) in [5, 5.41) is 2.61. The quantitative estimate of drug-likeness (QED) is 0.673. The van der Waals surface area contributed by atoms with Gasteiger partial charge in [-0.3, -0.25) is 29.0 Å². The van der Waals surface area contributed by atoms with Gasteiger partial charge in [0.25, 0.3) is 10.0 Å². The topological polar surface area (TPSA) is 125 Å². The Morgan fingerprint density at radius 3 is 2.59 bits per heavy atom. The molecule has 0 bridgehead atoms. The van der Waals surface area contributed by atoms with Crippen molar-refractivity contribution >= 4 is 39.3 Å². The van der Waals surface area contributed by atoms with Gasteiger partial charge >= 0.3 is 0 Å². The first-order valence-electron chi connectivity index (χ1n) is 9.64. The Labute approximate surface area is 169 Å². The number of rotatable bonds is 6. The summed E-state index contributed by atoms with van der Waals surface area (Å²) in [4.78, 5) is 40.7. The van der Waals surface area contributed by atoms with Gasteiger partial charge in [-0.2, -0.15) is 0 Å². The number of carbonyl (C=O) groups is 3. The van der Waals surface area contributed by atoms with Crippen molar-refractivity contribution in [2.24, 2.45) is 4.99 Å². The van der Waals surface area contributed by atoms with Crippen LogP contribution in [-0.4, -0.2) is 50.0 Å². The van der Waals surface area contributed by atoms with E-state index in [1.165, 1.54) is 18.2 Å². The molecule has 1 aromatic rings. The van der Waals surface area contributed by atoms with Crippen LogP contribution < -0.4 is 10.0 Å². The van der Waals surface area contributed by atoms with Gasteiger partial charge in [-0.1, -0.05) is 12.5 Å². The van der Waals surface area contributed by atoms with E-state index >= 15 is 0 Å². The minimum atomic E-state index is -3.80. The molecule has 3 rings (SSSR count). The largest absolute Gasteiger partial charge is 0.326 e. The van der Waals surface area contributed by atoms with E-state index in [2.05, 4.69) is 15.0 Å². The summed E-state index contributed by atoms with van der Waals surface area (Å²) in [7, 11) is -3.80. The van der Waals surface area contributed by atoms with Crippen molar-refractivity contribution in [3.63, 3.8) is 0 Å². The Hall–Kier alpha value is -2.75. The molecule has 2 aliphatic heterocycles. The number of amidine groups is 1. The van der Waals surface area contributed by atoms with Crippen LogP contribution >= 0.6 is 0 Å². The summed E-state index contributed by atoms with van der Waals surface area (Å²) in [6.45, 7) is 0.624. The number of aliphatic imine (C=N–C) groups is 1. The maximum absolute atomic E-state index is 12.6. The van der Waals surface area contributed by atoms with Crippen LogP contribution in [-0.2, 0) is 24.4 Å². The van der Waals surface area contributed by atoms with Gasteiger partial charge in [0.05, 0.1) is 4.90 Å². The molecule has 0 unspecified atom stereocenters. The molecular weight excluding hydrogens is 396 g/mol. The SMILES string of the molecule is O=C(CCN1C(=O)CCC1=O)Nc1cccc(S(=O)(=O)NC2=NCCCCC2)c1. The van der Waals surface area contributed by atoms with Gasteiger partial charge in [-0.25, -0.2) is 8.42 Å². The van der Waals surface area contributed by atoms with E-state index < -0.39 is 15.9 Å². The van der Waals surface area contributed by atoms with Crippen LogP contribution in [0, 0.1) is 0 Å². The number of anilines is 1. The van der Waals surface area contributed by atoms with Crippen molar-refractivity contribution in [3.05, 3.63) is 24.3 Å². The lowest BCUT2D eigenvalue weighted by Crippen LogP contribution is -2.32. The molecule has 0 spiro atoms. The second-order valence-electron chi connectivity index (χ2n) is 7.01. The molecule has 1 fully saturated rings. The van der Waals surface area contributed by atoms with Gasteiger partial charge in [0.2, 0.25) is 17.7 Å². The van der Waals surface area contributed by atoms with Crippen molar-refractivity contribution < 1.29 is 22.8 Å². The standard InChI is InChI=1S/C19H24N4O5S/c24-17(10-12-23-18(25)8-9-19(23)26)21-14-5-4-6-15(13-14)29(27,28)22-16-7-2-1-3-11-20-16/h4-6,13H,1-3,7-12H2,(H,20,22)(H,21,24). The summed E-state index contributed by atoms with van der Waals surface area (Å²) in [6.07, 6.45) is 3.75. The van der Waals surface area contributed by atoms with Crippen LogP contribution in [0.5, 0.6) is 0 Å². The maximum Gasteiger partial charge on any atom is 0.262 e. The van der Waals surface area contributed by atoms with E-state index in [1.54, 1.807) is 6.07 Å². The molecule has 2 heterocycles. The van der Waals surface area contributed by atoms with E-state index in [1.807, 2.05) is 0 Å². The number of hydrogen-bond donors (Lipinski definition) is 2. The maximum atomic E-state index is 12.6. The summed E-state index contributed by atoms with van der Waals surface area (Å²) in [5.41, 5.74) is 0.319. The Morgan fingerprint density at radius 1 is 1.07 bits per heavy atom. The molecule has 0 aromatic heterocycles. The van der Waals surface area contributed by atoms with E-state index in [0.717, 1.165) is 24.2 Å².